The quantitative estimate of drug-likeness (QED) is 0.731. The molecular formula is C21H29N3O2S. The van der Waals surface area contributed by atoms with Crippen LogP contribution in [0.3, 0.4) is 0 Å². The van der Waals surface area contributed by atoms with Gasteiger partial charge in [0.15, 0.2) is 0 Å². The number of nitrogens with zero attached hydrogens (tertiary/aromatic N) is 2. The number of thioether (sulfide) groups is 1. The lowest BCUT2D eigenvalue weighted by Gasteiger charge is -2.45. The van der Waals surface area contributed by atoms with Crippen molar-refractivity contribution >= 4 is 17.7 Å². The number of hydrogen-bond donors (Lipinski definition) is 1. The fourth-order valence-electron chi connectivity index (χ4n) is 4.52. The Kier molecular flexibility index (Phi) is 5.65. The molecule has 0 radical (unpaired) electrons. The summed E-state index contributed by atoms with van der Waals surface area (Å²) in [6.07, 6.45) is 4.91. The highest BCUT2D eigenvalue weighted by molar-refractivity contribution is 7.98. The highest BCUT2D eigenvalue weighted by Gasteiger charge is 2.39. The summed E-state index contributed by atoms with van der Waals surface area (Å²) in [5, 5.41) is 8.00. The Morgan fingerprint density at radius 2 is 2.00 bits per heavy atom. The number of amides is 1. The van der Waals surface area contributed by atoms with Gasteiger partial charge in [-0.05, 0) is 49.1 Å². The zero-order valence-corrected chi connectivity index (χ0v) is 17.7. The first kappa shape index (κ1) is 19.9. The molecule has 3 rings (SSSR count). The van der Waals surface area contributed by atoms with Crippen molar-refractivity contribution in [1.82, 2.24) is 15.5 Å². The molecule has 0 spiro atoms. The van der Waals surface area contributed by atoms with Crippen LogP contribution in [0.5, 0.6) is 0 Å². The normalized spacial score (nSPS) is 19.0. The van der Waals surface area contributed by atoms with E-state index in [-0.39, 0.29) is 22.8 Å². The largest absolute Gasteiger partial charge is 0.361 e. The Bertz CT molecular complexity index is 797. The van der Waals surface area contributed by atoms with E-state index in [2.05, 4.69) is 43.2 Å². The lowest BCUT2D eigenvalue weighted by Crippen LogP contribution is -2.46. The van der Waals surface area contributed by atoms with E-state index in [4.69, 9.17) is 4.52 Å². The second kappa shape index (κ2) is 7.66. The molecule has 1 fully saturated rings. The van der Waals surface area contributed by atoms with Crippen LogP contribution in [0, 0.1) is 17.8 Å². The lowest BCUT2D eigenvalue weighted by atomic mass is 9.63. The summed E-state index contributed by atoms with van der Waals surface area (Å²) in [6, 6.07) is 5.75. The first-order valence-corrected chi connectivity index (χ1v) is 10.4. The molecule has 0 saturated heterocycles. The number of rotatable bonds is 5. The molecule has 2 aromatic heterocycles. The Balaban J connectivity index is 1.69. The first-order valence-electron chi connectivity index (χ1n) is 9.44. The van der Waals surface area contributed by atoms with Gasteiger partial charge in [-0.25, -0.2) is 4.98 Å². The minimum absolute atomic E-state index is 0.0413. The van der Waals surface area contributed by atoms with Gasteiger partial charge in [-0.3, -0.25) is 4.79 Å². The van der Waals surface area contributed by atoms with Gasteiger partial charge in [-0.1, -0.05) is 44.6 Å². The van der Waals surface area contributed by atoms with E-state index in [0.29, 0.717) is 11.3 Å². The molecule has 1 N–H and O–H groups in total. The van der Waals surface area contributed by atoms with Crippen LogP contribution in [0.25, 0.3) is 0 Å². The van der Waals surface area contributed by atoms with Crippen LogP contribution in [-0.4, -0.2) is 22.1 Å². The fraction of sp³-hybridized carbons (Fsp3) is 0.571. The molecule has 27 heavy (non-hydrogen) atoms. The second-order valence-corrected chi connectivity index (χ2v) is 10.1. The number of hydrogen-bond acceptors (Lipinski definition) is 5. The number of carbonyl (C=O) groups excluding carboxylic acids is 1. The van der Waals surface area contributed by atoms with E-state index in [1.165, 1.54) is 18.2 Å². The highest BCUT2D eigenvalue weighted by atomic mass is 32.2. The molecule has 1 saturated carbocycles. The van der Waals surface area contributed by atoms with Crippen LogP contribution in [-0.2, 0) is 5.75 Å². The summed E-state index contributed by atoms with van der Waals surface area (Å²) in [7, 11) is 0. The molecule has 1 amide bonds. The molecule has 146 valence electrons. The Morgan fingerprint density at radius 3 is 2.63 bits per heavy atom. The summed E-state index contributed by atoms with van der Waals surface area (Å²) in [5.41, 5.74) is 1.95. The monoisotopic (exact) mass is 387 g/mol. The molecule has 0 unspecified atom stereocenters. The van der Waals surface area contributed by atoms with Crippen LogP contribution in [0.15, 0.2) is 33.9 Å². The van der Waals surface area contributed by atoms with Crippen molar-refractivity contribution in [1.29, 1.82) is 0 Å². The third kappa shape index (κ3) is 5.34. The van der Waals surface area contributed by atoms with Gasteiger partial charge in [0.2, 0.25) is 0 Å². The first-order chi connectivity index (χ1) is 12.6. The average molecular weight is 388 g/mol. The Labute approximate surface area is 165 Å². The minimum atomic E-state index is -0.0413. The number of nitrogens with one attached hydrogen (secondary N) is 1. The van der Waals surface area contributed by atoms with Gasteiger partial charge >= 0.3 is 0 Å². The summed E-state index contributed by atoms with van der Waals surface area (Å²) >= 11 is 1.51. The Morgan fingerprint density at radius 1 is 1.30 bits per heavy atom. The molecule has 0 bridgehead atoms. The second-order valence-electron chi connectivity index (χ2n) is 9.16. The van der Waals surface area contributed by atoms with Gasteiger partial charge in [0.25, 0.3) is 5.91 Å². The molecule has 6 heteroatoms. The molecule has 0 aromatic carbocycles. The van der Waals surface area contributed by atoms with Crippen molar-refractivity contribution in [2.75, 3.05) is 0 Å². The van der Waals surface area contributed by atoms with Crippen LogP contribution in [0.4, 0.5) is 0 Å². The van der Waals surface area contributed by atoms with Crippen molar-refractivity contribution < 1.29 is 9.32 Å². The van der Waals surface area contributed by atoms with E-state index < -0.39 is 0 Å². The van der Waals surface area contributed by atoms with E-state index in [9.17, 15) is 4.79 Å². The molecule has 1 aliphatic carbocycles. The van der Waals surface area contributed by atoms with Gasteiger partial charge in [0.05, 0.1) is 11.3 Å². The van der Waals surface area contributed by atoms with Crippen molar-refractivity contribution in [2.24, 2.45) is 10.8 Å². The zero-order chi connectivity index (χ0) is 19.7. The van der Waals surface area contributed by atoms with Crippen LogP contribution in [0.1, 0.15) is 68.8 Å². The maximum Gasteiger partial charge on any atom is 0.254 e. The van der Waals surface area contributed by atoms with Crippen molar-refractivity contribution in [3.8, 4) is 0 Å². The van der Waals surface area contributed by atoms with Gasteiger partial charge < -0.3 is 9.84 Å². The molecule has 1 aliphatic rings. The number of carbonyl (C=O) groups is 1. The van der Waals surface area contributed by atoms with Crippen molar-refractivity contribution in [3.63, 3.8) is 0 Å². The SMILES string of the molecule is Cc1cc(CSc2ncccc2C(=O)NC2CC(C)(C)CC(C)(C)C2)no1. The lowest BCUT2D eigenvalue weighted by molar-refractivity contribution is 0.0711. The van der Waals surface area contributed by atoms with Gasteiger partial charge in [-0.15, -0.1) is 0 Å². The number of pyridine rings is 1. The molecule has 0 aliphatic heterocycles. The van der Waals surface area contributed by atoms with E-state index in [1.807, 2.05) is 25.1 Å². The van der Waals surface area contributed by atoms with E-state index >= 15 is 0 Å². The van der Waals surface area contributed by atoms with Crippen LogP contribution in [0.2, 0.25) is 0 Å². The van der Waals surface area contributed by atoms with E-state index in [0.717, 1.165) is 29.3 Å². The topological polar surface area (TPSA) is 68.0 Å². The minimum Gasteiger partial charge on any atom is -0.361 e. The average Bonchev–Trinajstić information content (AvgIpc) is 2.95. The zero-order valence-electron chi connectivity index (χ0n) is 16.8. The maximum atomic E-state index is 13.0. The van der Waals surface area contributed by atoms with Crippen molar-refractivity contribution in [3.05, 3.63) is 41.4 Å². The van der Waals surface area contributed by atoms with Crippen LogP contribution >= 0.6 is 11.8 Å². The molecule has 2 aromatic rings. The molecular weight excluding hydrogens is 358 g/mol. The van der Waals surface area contributed by atoms with Gasteiger partial charge in [0.1, 0.15) is 10.8 Å². The standard InChI is InChI=1S/C21H29N3O2S/c1-14-9-15(24-26-14)12-27-19-17(7-6-8-22-19)18(25)23-16-10-20(2,3)13-21(4,5)11-16/h6-9,16H,10-13H2,1-5H3,(H,23,25). The predicted octanol–water partition coefficient (Wildman–Crippen LogP) is 5.01. The third-order valence-corrected chi connectivity index (χ3v) is 5.98. The highest BCUT2D eigenvalue weighted by Crippen LogP contribution is 2.45. The number of aryl methyl sites for hydroxylation is 1. The molecule has 2 heterocycles. The predicted molar refractivity (Wildman–Crippen MR) is 108 cm³/mol. The smallest absolute Gasteiger partial charge is 0.254 e. The van der Waals surface area contributed by atoms with Crippen molar-refractivity contribution in [2.45, 2.75) is 70.7 Å². The fourth-order valence-corrected chi connectivity index (χ4v) is 5.39. The van der Waals surface area contributed by atoms with E-state index in [1.54, 1.807) is 6.20 Å². The molecule has 0 atom stereocenters. The third-order valence-electron chi connectivity index (χ3n) is 4.94. The van der Waals surface area contributed by atoms with Crippen LogP contribution < -0.4 is 5.32 Å². The maximum absolute atomic E-state index is 13.0. The Hall–Kier alpha value is -1.82. The summed E-state index contributed by atoms with van der Waals surface area (Å²) in [5.74, 6) is 1.37. The van der Waals surface area contributed by atoms with Gasteiger partial charge in [0, 0.05) is 24.1 Å². The summed E-state index contributed by atoms with van der Waals surface area (Å²) < 4.78 is 5.11. The number of aromatic nitrogens is 2. The molecule has 5 nitrogen and oxygen atoms in total. The van der Waals surface area contributed by atoms with Gasteiger partial charge in [-0.2, -0.15) is 0 Å². The summed E-state index contributed by atoms with van der Waals surface area (Å²) in [4.78, 5) is 17.4. The summed E-state index contributed by atoms with van der Waals surface area (Å²) in [6.45, 7) is 11.0.